The largest absolute Gasteiger partial charge is 0.455 e. The Morgan fingerprint density at radius 2 is 1.74 bits per heavy atom. The van der Waals surface area contributed by atoms with Crippen LogP contribution in [0, 0.1) is 0 Å². The summed E-state index contributed by atoms with van der Waals surface area (Å²) >= 11 is 0. The van der Waals surface area contributed by atoms with Crippen molar-refractivity contribution in [3.63, 3.8) is 0 Å². The third-order valence-electron chi connectivity index (χ3n) is 3.46. The molecule has 0 aliphatic heterocycles. The van der Waals surface area contributed by atoms with E-state index in [0.29, 0.717) is 6.54 Å². The number of aromatic nitrogens is 3. The lowest BCUT2D eigenvalue weighted by atomic mass is 10.1. The zero-order valence-corrected chi connectivity index (χ0v) is 12.6. The fourth-order valence-electron chi connectivity index (χ4n) is 2.34. The zero-order valence-electron chi connectivity index (χ0n) is 12.6. The summed E-state index contributed by atoms with van der Waals surface area (Å²) in [6.07, 6.45) is 2.94. The molecule has 2 aromatic carbocycles. The SMILES string of the molecule is O=C(Cc1ccccc1)OC(Cn1cncn1)c1ccccc1. The first-order chi connectivity index (χ1) is 11.3. The second-order valence-electron chi connectivity index (χ2n) is 5.17. The Morgan fingerprint density at radius 3 is 2.39 bits per heavy atom. The molecule has 3 aromatic rings. The quantitative estimate of drug-likeness (QED) is 0.657. The number of esters is 1. The van der Waals surface area contributed by atoms with Gasteiger partial charge in [0.15, 0.2) is 0 Å². The van der Waals surface area contributed by atoms with Gasteiger partial charge in [-0.05, 0) is 11.1 Å². The van der Waals surface area contributed by atoms with E-state index < -0.39 is 6.10 Å². The number of nitrogens with zero attached hydrogens (tertiary/aromatic N) is 3. The summed E-state index contributed by atoms with van der Waals surface area (Å²) in [7, 11) is 0. The Hall–Kier alpha value is -2.95. The molecule has 23 heavy (non-hydrogen) atoms. The van der Waals surface area contributed by atoms with Crippen LogP contribution in [0.2, 0.25) is 0 Å². The van der Waals surface area contributed by atoms with Gasteiger partial charge in [0.2, 0.25) is 0 Å². The van der Waals surface area contributed by atoms with Crippen LogP contribution in [-0.4, -0.2) is 20.7 Å². The fraction of sp³-hybridized carbons (Fsp3) is 0.167. The lowest BCUT2D eigenvalue weighted by Crippen LogP contribution is -2.18. The summed E-state index contributed by atoms with van der Waals surface area (Å²) in [6, 6.07) is 19.2. The van der Waals surface area contributed by atoms with Crippen LogP contribution in [0.1, 0.15) is 17.2 Å². The highest BCUT2D eigenvalue weighted by Crippen LogP contribution is 2.20. The molecule has 1 heterocycles. The first-order valence-electron chi connectivity index (χ1n) is 7.42. The Morgan fingerprint density at radius 1 is 1.04 bits per heavy atom. The number of hydrogen-bond acceptors (Lipinski definition) is 4. The van der Waals surface area contributed by atoms with Gasteiger partial charge in [-0.15, -0.1) is 0 Å². The topological polar surface area (TPSA) is 57.0 Å². The van der Waals surface area contributed by atoms with E-state index in [0.717, 1.165) is 11.1 Å². The minimum atomic E-state index is -0.394. The predicted molar refractivity (Wildman–Crippen MR) is 85.4 cm³/mol. The van der Waals surface area contributed by atoms with Crippen molar-refractivity contribution in [2.75, 3.05) is 0 Å². The minimum absolute atomic E-state index is 0.252. The second kappa shape index (κ2) is 7.35. The second-order valence-corrected chi connectivity index (χ2v) is 5.17. The third kappa shape index (κ3) is 4.26. The molecule has 0 N–H and O–H groups in total. The minimum Gasteiger partial charge on any atom is -0.455 e. The monoisotopic (exact) mass is 307 g/mol. The molecule has 0 fully saturated rings. The highest BCUT2D eigenvalue weighted by atomic mass is 16.5. The summed E-state index contributed by atoms with van der Waals surface area (Å²) < 4.78 is 7.35. The maximum atomic E-state index is 12.3. The Labute approximate surface area is 134 Å². The maximum Gasteiger partial charge on any atom is 0.310 e. The van der Waals surface area contributed by atoms with Crippen LogP contribution in [0.5, 0.6) is 0 Å². The number of hydrogen-bond donors (Lipinski definition) is 0. The maximum absolute atomic E-state index is 12.3. The highest BCUT2D eigenvalue weighted by Gasteiger charge is 2.18. The number of carbonyl (C=O) groups is 1. The average Bonchev–Trinajstić information content (AvgIpc) is 3.09. The normalized spacial score (nSPS) is 11.8. The zero-order chi connectivity index (χ0) is 15.9. The van der Waals surface area contributed by atoms with E-state index in [1.165, 1.54) is 6.33 Å². The van der Waals surface area contributed by atoms with Crippen LogP contribution in [0.25, 0.3) is 0 Å². The Balaban J connectivity index is 1.72. The molecule has 1 aromatic heterocycles. The standard InChI is InChI=1S/C18H17N3O2/c22-18(11-15-7-3-1-4-8-15)23-17(12-21-14-19-13-20-21)16-9-5-2-6-10-16/h1-10,13-14,17H,11-12H2. The fourth-order valence-corrected chi connectivity index (χ4v) is 2.34. The molecule has 0 spiro atoms. The van der Waals surface area contributed by atoms with Crippen molar-refractivity contribution < 1.29 is 9.53 Å². The molecule has 5 heteroatoms. The molecular weight excluding hydrogens is 290 g/mol. The molecule has 0 aliphatic rings. The number of rotatable bonds is 6. The summed E-state index contributed by atoms with van der Waals surface area (Å²) in [5.41, 5.74) is 1.87. The van der Waals surface area contributed by atoms with Gasteiger partial charge in [-0.2, -0.15) is 5.10 Å². The van der Waals surface area contributed by atoms with Gasteiger partial charge in [0.25, 0.3) is 0 Å². The van der Waals surface area contributed by atoms with E-state index in [1.54, 1.807) is 11.0 Å². The molecule has 116 valence electrons. The van der Waals surface area contributed by atoms with Crippen LogP contribution in [0.15, 0.2) is 73.3 Å². The summed E-state index contributed by atoms with van der Waals surface area (Å²) in [5, 5.41) is 4.09. The summed E-state index contributed by atoms with van der Waals surface area (Å²) in [5.74, 6) is -0.259. The molecule has 0 saturated heterocycles. The summed E-state index contributed by atoms with van der Waals surface area (Å²) in [4.78, 5) is 16.2. The van der Waals surface area contributed by atoms with Crippen molar-refractivity contribution in [2.45, 2.75) is 19.1 Å². The first-order valence-corrected chi connectivity index (χ1v) is 7.42. The number of ether oxygens (including phenoxy) is 1. The van der Waals surface area contributed by atoms with Crippen LogP contribution in [0.4, 0.5) is 0 Å². The van der Waals surface area contributed by atoms with Crippen LogP contribution < -0.4 is 0 Å². The van der Waals surface area contributed by atoms with E-state index in [9.17, 15) is 4.79 Å². The first kappa shape index (κ1) is 15.0. The van der Waals surface area contributed by atoms with Gasteiger partial charge in [-0.3, -0.25) is 4.79 Å². The predicted octanol–water partition coefficient (Wildman–Crippen LogP) is 2.81. The molecule has 0 bridgehead atoms. The van der Waals surface area contributed by atoms with E-state index in [1.807, 2.05) is 60.7 Å². The molecule has 0 saturated carbocycles. The molecular formula is C18H17N3O2. The summed E-state index contributed by atoms with van der Waals surface area (Å²) in [6.45, 7) is 0.435. The van der Waals surface area contributed by atoms with Crippen molar-refractivity contribution in [3.05, 3.63) is 84.4 Å². The van der Waals surface area contributed by atoms with E-state index in [4.69, 9.17) is 4.74 Å². The van der Waals surface area contributed by atoms with Crippen LogP contribution in [-0.2, 0) is 22.5 Å². The van der Waals surface area contributed by atoms with Crippen LogP contribution in [0.3, 0.4) is 0 Å². The van der Waals surface area contributed by atoms with Crippen molar-refractivity contribution >= 4 is 5.97 Å². The molecule has 0 radical (unpaired) electrons. The number of benzene rings is 2. The Kier molecular flexibility index (Phi) is 4.79. The molecule has 0 amide bonds. The smallest absolute Gasteiger partial charge is 0.310 e. The van der Waals surface area contributed by atoms with Crippen molar-refractivity contribution in [1.29, 1.82) is 0 Å². The van der Waals surface area contributed by atoms with Crippen LogP contribution >= 0.6 is 0 Å². The van der Waals surface area contributed by atoms with Crippen molar-refractivity contribution in [2.24, 2.45) is 0 Å². The Bertz CT molecular complexity index is 727. The van der Waals surface area contributed by atoms with Gasteiger partial charge in [0, 0.05) is 0 Å². The van der Waals surface area contributed by atoms with Gasteiger partial charge in [-0.1, -0.05) is 60.7 Å². The highest BCUT2D eigenvalue weighted by molar-refractivity contribution is 5.72. The van der Waals surface area contributed by atoms with Gasteiger partial charge in [-0.25, -0.2) is 9.67 Å². The number of carbonyl (C=O) groups excluding carboxylic acids is 1. The van der Waals surface area contributed by atoms with E-state index in [-0.39, 0.29) is 12.4 Å². The lowest BCUT2D eigenvalue weighted by Gasteiger charge is -2.18. The third-order valence-corrected chi connectivity index (χ3v) is 3.46. The molecule has 1 unspecified atom stereocenters. The molecule has 5 nitrogen and oxygen atoms in total. The van der Waals surface area contributed by atoms with Crippen molar-refractivity contribution in [1.82, 2.24) is 14.8 Å². The lowest BCUT2D eigenvalue weighted by molar-refractivity contribution is -0.149. The molecule has 3 rings (SSSR count). The van der Waals surface area contributed by atoms with Gasteiger partial charge >= 0.3 is 5.97 Å². The molecule has 0 aliphatic carbocycles. The molecule has 1 atom stereocenters. The van der Waals surface area contributed by atoms with E-state index in [2.05, 4.69) is 10.1 Å². The van der Waals surface area contributed by atoms with E-state index >= 15 is 0 Å². The van der Waals surface area contributed by atoms with Gasteiger partial charge in [0.1, 0.15) is 18.8 Å². The van der Waals surface area contributed by atoms with Gasteiger partial charge in [0.05, 0.1) is 13.0 Å². The average molecular weight is 307 g/mol. The van der Waals surface area contributed by atoms with Crippen molar-refractivity contribution in [3.8, 4) is 0 Å². The van der Waals surface area contributed by atoms with Gasteiger partial charge < -0.3 is 4.74 Å².